The number of rotatable bonds is 7. The van der Waals surface area contributed by atoms with Gasteiger partial charge in [-0.05, 0) is 48.2 Å². The molecule has 0 spiro atoms. The number of carbonyl (C=O) groups is 1. The first kappa shape index (κ1) is 20.1. The van der Waals surface area contributed by atoms with Gasteiger partial charge in [0.2, 0.25) is 5.91 Å². The highest BCUT2D eigenvalue weighted by molar-refractivity contribution is 7.99. The molecular formula is C21H23FN4OS. The van der Waals surface area contributed by atoms with Crippen molar-refractivity contribution in [2.24, 2.45) is 7.05 Å². The van der Waals surface area contributed by atoms with Gasteiger partial charge in [0.1, 0.15) is 5.82 Å². The number of carbonyl (C=O) groups excluding carboxylic acids is 1. The first-order valence-electron chi connectivity index (χ1n) is 9.22. The maximum Gasteiger partial charge on any atom is 0.234 e. The average Bonchev–Trinajstić information content (AvgIpc) is 3.07. The van der Waals surface area contributed by atoms with Crippen LogP contribution in [0.3, 0.4) is 0 Å². The Balaban J connectivity index is 1.68. The van der Waals surface area contributed by atoms with E-state index < -0.39 is 0 Å². The van der Waals surface area contributed by atoms with E-state index in [4.69, 9.17) is 0 Å². The second-order valence-corrected chi connectivity index (χ2v) is 7.31. The highest BCUT2D eigenvalue weighted by Crippen LogP contribution is 2.25. The molecule has 5 nitrogen and oxygen atoms in total. The molecule has 0 aliphatic heterocycles. The maximum atomic E-state index is 13.1. The monoisotopic (exact) mass is 398 g/mol. The van der Waals surface area contributed by atoms with Crippen molar-refractivity contribution in [3.8, 4) is 11.4 Å². The summed E-state index contributed by atoms with van der Waals surface area (Å²) in [6, 6.07) is 12.2. The van der Waals surface area contributed by atoms with Crippen LogP contribution in [-0.4, -0.2) is 26.4 Å². The molecule has 1 N–H and O–H groups in total. The summed E-state index contributed by atoms with van der Waals surface area (Å²) in [4.78, 5) is 12.5. The molecule has 0 fully saturated rings. The standard InChI is InChI=1S/C21H23FN4OS/c1-4-14-7-6-8-15(5-2)19(14)23-18(27)13-28-21-25-24-20(26(21)3)16-9-11-17(22)12-10-16/h6-12H,4-5,13H2,1-3H3,(H,23,27). The molecule has 1 aromatic heterocycles. The zero-order valence-corrected chi connectivity index (χ0v) is 17.0. The largest absolute Gasteiger partial charge is 0.325 e. The zero-order valence-electron chi connectivity index (χ0n) is 16.2. The number of amides is 1. The lowest BCUT2D eigenvalue weighted by atomic mass is 10.0. The normalized spacial score (nSPS) is 10.9. The number of hydrogen-bond donors (Lipinski definition) is 1. The predicted molar refractivity (Wildman–Crippen MR) is 111 cm³/mol. The van der Waals surface area contributed by atoms with Gasteiger partial charge in [-0.2, -0.15) is 0 Å². The van der Waals surface area contributed by atoms with Gasteiger partial charge in [-0.25, -0.2) is 4.39 Å². The number of hydrogen-bond acceptors (Lipinski definition) is 4. The Hall–Kier alpha value is -2.67. The molecule has 0 aliphatic rings. The number of nitrogens with one attached hydrogen (secondary N) is 1. The fourth-order valence-corrected chi connectivity index (χ4v) is 3.71. The van der Waals surface area contributed by atoms with E-state index >= 15 is 0 Å². The van der Waals surface area contributed by atoms with Crippen LogP contribution in [0.4, 0.5) is 10.1 Å². The van der Waals surface area contributed by atoms with Crippen LogP contribution in [0.1, 0.15) is 25.0 Å². The van der Waals surface area contributed by atoms with E-state index in [1.807, 2.05) is 29.8 Å². The van der Waals surface area contributed by atoms with Gasteiger partial charge in [0.15, 0.2) is 11.0 Å². The topological polar surface area (TPSA) is 59.8 Å². The molecule has 28 heavy (non-hydrogen) atoms. The molecule has 0 atom stereocenters. The molecular weight excluding hydrogens is 375 g/mol. The van der Waals surface area contributed by atoms with Crippen LogP contribution in [0.25, 0.3) is 11.4 Å². The molecule has 0 saturated heterocycles. The highest BCUT2D eigenvalue weighted by Gasteiger charge is 2.15. The number of anilines is 1. The third kappa shape index (κ3) is 4.42. The van der Waals surface area contributed by atoms with Crippen LogP contribution < -0.4 is 5.32 Å². The van der Waals surface area contributed by atoms with Crippen LogP contribution in [0, 0.1) is 5.82 Å². The van der Waals surface area contributed by atoms with Crippen LogP contribution in [0.2, 0.25) is 0 Å². The molecule has 0 saturated carbocycles. The third-order valence-corrected chi connectivity index (χ3v) is 5.55. The van der Waals surface area contributed by atoms with Crippen molar-refractivity contribution in [3.05, 3.63) is 59.4 Å². The van der Waals surface area contributed by atoms with Crippen molar-refractivity contribution in [2.45, 2.75) is 31.8 Å². The summed E-state index contributed by atoms with van der Waals surface area (Å²) >= 11 is 1.32. The van der Waals surface area contributed by atoms with E-state index in [-0.39, 0.29) is 17.5 Å². The van der Waals surface area contributed by atoms with Crippen molar-refractivity contribution in [2.75, 3.05) is 11.1 Å². The zero-order chi connectivity index (χ0) is 20.1. The summed E-state index contributed by atoms with van der Waals surface area (Å²) < 4.78 is 14.9. The van der Waals surface area contributed by atoms with E-state index in [9.17, 15) is 9.18 Å². The van der Waals surface area contributed by atoms with Gasteiger partial charge in [-0.3, -0.25) is 4.79 Å². The second kappa shape index (κ2) is 9.01. The number of aryl methyl sites for hydroxylation is 2. The Morgan fingerprint density at radius 2 is 1.71 bits per heavy atom. The molecule has 1 heterocycles. The molecule has 0 radical (unpaired) electrons. The van der Waals surface area contributed by atoms with Crippen LogP contribution in [-0.2, 0) is 24.7 Å². The minimum atomic E-state index is -0.295. The summed E-state index contributed by atoms with van der Waals surface area (Å²) in [6.07, 6.45) is 1.72. The van der Waals surface area contributed by atoms with Gasteiger partial charge in [0, 0.05) is 18.3 Å². The third-order valence-electron chi connectivity index (χ3n) is 4.53. The fraction of sp³-hybridized carbons (Fsp3) is 0.286. The number of thioether (sulfide) groups is 1. The quantitative estimate of drug-likeness (QED) is 0.596. The summed E-state index contributed by atoms with van der Waals surface area (Å²) in [5, 5.41) is 12.0. The molecule has 0 bridgehead atoms. The predicted octanol–water partition coefficient (Wildman–Crippen LogP) is 4.48. The van der Waals surface area contributed by atoms with E-state index in [2.05, 4.69) is 29.4 Å². The lowest BCUT2D eigenvalue weighted by Crippen LogP contribution is -2.17. The fourth-order valence-electron chi connectivity index (χ4n) is 3.00. The van der Waals surface area contributed by atoms with E-state index in [0.717, 1.165) is 35.2 Å². The molecule has 2 aromatic carbocycles. The second-order valence-electron chi connectivity index (χ2n) is 6.37. The number of aromatic nitrogens is 3. The molecule has 0 unspecified atom stereocenters. The Morgan fingerprint density at radius 3 is 2.32 bits per heavy atom. The van der Waals surface area contributed by atoms with Gasteiger partial charge in [-0.1, -0.05) is 43.8 Å². The van der Waals surface area contributed by atoms with E-state index in [1.54, 1.807) is 12.1 Å². The van der Waals surface area contributed by atoms with Gasteiger partial charge in [0.25, 0.3) is 0 Å². The molecule has 146 valence electrons. The number of nitrogens with zero attached hydrogens (tertiary/aromatic N) is 3. The summed E-state index contributed by atoms with van der Waals surface area (Å²) in [5.74, 6) is 0.492. The Kier molecular flexibility index (Phi) is 6.46. The summed E-state index contributed by atoms with van der Waals surface area (Å²) in [7, 11) is 1.83. The van der Waals surface area contributed by atoms with Crippen molar-refractivity contribution < 1.29 is 9.18 Å². The summed E-state index contributed by atoms with van der Waals surface area (Å²) in [5.41, 5.74) is 3.96. The maximum absolute atomic E-state index is 13.1. The highest BCUT2D eigenvalue weighted by atomic mass is 32.2. The number of halogens is 1. The van der Waals surface area contributed by atoms with Crippen molar-refractivity contribution in [1.29, 1.82) is 0 Å². The lowest BCUT2D eigenvalue weighted by molar-refractivity contribution is -0.113. The van der Waals surface area contributed by atoms with Gasteiger partial charge < -0.3 is 9.88 Å². The first-order valence-corrected chi connectivity index (χ1v) is 10.2. The Morgan fingerprint density at radius 1 is 1.07 bits per heavy atom. The van der Waals surface area contributed by atoms with Crippen LogP contribution in [0.5, 0.6) is 0 Å². The molecule has 1 amide bonds. The minimum absolute atomic E-state index is 0.0769. The number of benzene rings is 2. The van der Waals surface area contributed by atoms with Gasteiger partial charge in [-0.15, -0.1) is 10.2 Å². The molecule has 3 rings (SSSR count). The SMILES string of the molecule is CCc1cccc(CC)c1NC(=O)CSc1nnc(-c2ccc(F)cc2)n1C. The van der Waals surface area contributed by atoms with E-state index in [1.165, 1.54) is 23.9 Å². The number of para-hydroxylation sites is 1. The minimum Gasteiger partial charge on any atom is -0.325 e. The Labute approximate surface area is 168 Å². The Bertz CT molecular complexity index is 947. The smallest absolute Gasteiger partial charge is 0.234 e. The molecule has 3 aromatic rings. The van der Waals surface area contributed by atoms with Crippen LogP contribution >= 0.6 is 11.8 Å². The van der Waals surface area contributed by atoms with Crippen molar-refractivity contribution in [3.63, 3.8) is 0 Å². The molecule has 7 heteroatoms. The lowest BCUT2D eigenvalue weighted by Gasteiger charge is -2.14. The van der Waals surface area contributed by atoms with Gasteiger partial charge >= 0.3 is 0 Å². The van der Waals surface area contributed by atoms with Crippen molar-refractivity contribution >= 4 is 23.4 Å². The van der Waals surface area contributed by atoms with Crippen molar-refractivity contribution in [1.82, 2.24) is 14.8 Å². The average molecular weight is 399 g/mol. The van der Waals surface area contributed by atoms with Crippen LogP contribution in [0.15, 0.2) is 47.6 Å². The first-order chi connectivity index (χ1) is 13.5. The van der Waals surface area contributed by atoms with E-state index in [0.29, 0.717) is 11.0 Å². The summed E-state index contributed by atoms with van der Waals surface area (Å²) in [6.45, 7) is 4.16. The molecule has 0 aliphatic carbocycles. The van der Waals surface area contributed by atoms with Gasteiger partial charge in [0.05, 0.1) is 5.75 Å².